The van der Waals surface area contributed by atoms with Crippen LogP contribution in [0.5, 0.6) is 0 Å². The third kappa shape index (κ3) is 4.59. The average molecular weight is 297 g/mol. The first-order valence-corrected chi connectivity index (χ1v) is 6.48. The van der Waals surface area contributed by atoms with Gasteiger partial charge in [0.25, 0.3) is 0 Å². The van der Waals surface area contributed by atoms with Crippen LogP contribution in [0.4, 0.5) is 0 Å². The summed E-state index contributed by atoms with van der Waals surface area (Å²) in [7, 11) is 0. The monoisotopic (exact) mass is 296 g/mol. The Morgan fingerprint density at radius 3 is 2.45 bits per heavy atom. The molecule has 1 aromatic heterocycles. The van der Waals surface area contributed by atoms with E-state index in [1.165, 1.54) is 5.56 Å². The Hall–Kier alpha value is -1.43. The van der Waals surface area contributed by atoms with Crippen molar-refractivity contribution in [2.45, 2.75) is 39.5 Å². The van der Waals surface area contributed by atoms with Gasteiger partial charge in [0.2, 0.25) is 5.89 Å². The number of nitrogens with two attached hydrogens (primary N) is 1. The molecule has 0 aliphatic rings. The first kappa shape index (κ1) is 16.6. The second-order valence-electron chi connectivity index (χ2n) is 4.79. The Kier molecular flexibility index (Phi) is 6.64. The zero-order chi connectivity index (χ0) is 13.7. The van der Waals surface area contributed by atoms with Crippen molar-refractivity contribution in [2.24, 2.45) is 5.73 Å². The zero-order valence-corrected chi connectivity index (χ0v) is 12.6. The lowest BCUT2D eigenvalue weighted by molar-refractivity contribution is 0.196. The van der Waals surface area contributed by atoms with E-state index in [4.69, 9.17) is 10.3 Å². The Morgan fingerprint density at radius 2 is 1.90 bits per heavy atom. The number of halogens is 1. The predicted octanol–water partition coefficient (Wildman–Crippen LogP) is 2.36. The fourth-order valence-electron chi connectivity index (χ4n) is 1.86. The van der Waals surface area contributed by atoms with Crippen LogP contribution in [0.25, 0.3) is 0 Å². The van der Waals surface area contributed by atoms with Crippen LogP contribution in [0.3, 0.4) is 0 Å². The summed E-state index contributed by atoms with van der Waals surface area (Å²) in [4.78, 5) is 6.54. The van der Waals surface area contributed by atoms with E-state index in [2.05, 4.69) is 53.2 Å². The first-order valence-electron chi connectivity index (χ1n) is 6.48. The van der Waals surface area contributed by atoms with Crippen LogP contribution in [0, 0.1) is 0 Å². The lowest BCUT2D eigenvalue weighted by Gasteiger charge is -2.24. The summed E-state index contributed by atoms with van der Waals surface area (Å²) in [5.74, 6) is 1.17. The Bertz CT molecular complexity index is 501. The van der Waals surface area contributed by atoms with Gasteiger partial charge in [-0.2, -0.15) is 4.98 Å². The van der Waals surface area contributed by atoms with E-state index in [1.807, 2.05) is 6.07 Å². The topological polar surface area (TPSA) is 68.2 Å². The quantitative estimate of drug-likeness (QED) is 0.886. The highest BCUT2D eigenvalue weighted by molar-refractivity contribution is 5.85. The molecule has 0 fully saturated rings. The van der Waals surface area contributed by atoms with Gasteiger partial charge in [-0.15, -0.1) is 12.4 Å². The number of aromatic nitrogens is 2. The largest absolute Gasteiger partial charge is 0.338 e. The van der Waals surface area contributed by atoms with E-state index in [1.54, 1.807) is 0 Å². The summed E-state index contributed by atoms with van der Waals surface area (Å²) < 4.78 is 5.03. The van der Waals surface area contributed by atoms with Crippen LogP contribution >= 0.6 is 12.4 Å². The molecule has 0 unspecified atom stereocenters. The third-order valence-corrected chi connectivity index (χ3v) is 2.99. The molecule has 0 spiro atoms. The van der Waals surface area contributed by atoms with Crippen molar-refractivity contribution < 1.29 is 4.52 Å². The summed E-state index contributed by atoms with van der Waals surface area (Å²) in [5.41, 5.74) is 6.74. The molecule has 0 saturated carbocycles. The minimum absolute atomic E-state index is 0. The SMILES string of the molecule is CC(C)N(Cc1ccccc1)Cc1noc(CN)n1.Cl. The van der Waals surface area contributed by atoms with Gasteiger partial charge < -0.3 is 10.3 Å². The van der Waals surface area contributed by atoms with Gasteiger partial charge in [0.1, 0.15) is 0 Å². The highest BCUT2D eigenvalue weighted by Crippen LogP contribution is 2.11. The molecule has 0 aliphatic heterocycles. The summed E-state index contributed by atoms with van der Waals surface area (Å²) in [6, 6.07) is 10.8. The van der Waals surface area contributed by atoms with Crippen LogP contribution < -0.4 is 5.73 Å². The molecule has 2 aromatic rings. The molecule has 0 radical (unpaired) electrons. The molecule has 0 atom stereocenters. The number of benzene rings is 1. The van der Waals surface area contributed by atoms with E-state index in [0.29, 0.717) is 24.3 Å². The molecule has 1 aromatic carbocycles. The lowest BCUT2D eigenvalue weighted by Crippen LogP contribution is -2.30. The normalized spacial score (nSPS) is 10.8. The second-order valence-corrected chi connectivity index (χ2v) is 4.79. The molecule has 1 heterocycles. The zero-order valence-electron chi connectivity index (χ0n) is 11.8. The van der Waals surface area contributed by atoms with Crippen molar-refractivity contribution in [1.29, 1.82) is 0 Å². The molecule has 0 bridgehead atoms. The van der Waals surface area contributed by atoms with Crippen LogP contribution in [-0.2, 0) is 19.6 Å². The van der Waals surface area contributed by atoms with Gasteiger partial charge >= 0.3 is 0 Å². The molecule has 6 heteroatoms. The molecule has 0 aliphatic carbocycles. The van der Waals surface area contributed by atoms with Crippen molar-refractivity contribution in [3.8, 4) is 0 Å². The molecule has 0 amide bonds. The van der Waals surface area contributed by atoms with Gasteiger partial charge in [0.05, 0.1) is 13.1 Å². The van der Waals surface area contributed by atoms with Crippen molar-refractivity contribution in [3.63, 3.8) is 0 Å². The summed E-state index contributed by atoms with van der Waals surface area (Å²) in [6.45, 7) is 6.13. The minimum Gasteiger partial charge on any atom is -0.338 e. The Labute approximate surface area is 125 Å². The molecular formula is C14H21ClN4O. The van der Waals surface area contributed by atoms with Crippen molar-refractivity contribution in [2.75, 3.05) is 0 Å². The van der Waals surface area contributed by atoms with E-state index in [9.17, 15) is 0 Å². The number of hydrogen-bond donors (Lipinski definition) is 1. The number of rotatable bonds is 6. The third-order valence-electron chi connectivity index (χ3n) is 2.99. The van der Waals surface area contributed by atoms with E-state index in [0.717, 1.165) is 6.54 Å². The van der Waals surface area contributed by atoms with Gasteiger partial charge in [-0.1, -0.05) is 35.5 Å². The Morgan fingerprint density at radius 1 is 1.20 bits per heavy atom. The smallest absolute Gasteiger partial charge is 0.240 e. The average Bonchev–Trinajstić information content (AvgIpc) is 2.87. The van der Waals surface area contributed by atoms with Crippen molar-refractivity contribution in [1.82, 2.24) is 15.0 Å². The van der Waals surface area contributed by atoms with Crippen LogP contribution in [0.1, 0.15) is 31.1 Å². The summed E-state index contributed by atoms with van der Waals surface area (Å²) in [6.07, 6.45) is 0. The molecule has 2 N–H and O–H groups in total. The molecule has 110 valence electrons. The van der Waals surface area contributed by atoms with Gasteiger partial charge in [-0.3, -0.25) is 4.90 Å². The van der Waals surface area contributed by atoms with Gasteiger partial charge in [-0.25, -0.2) is 0 Å². The number of nitrogens with zero attached hydrogens (tertiary/aromatic N) is 3. The van der Waals surface area contributed by atoms with E-state index >= 15 is 0 Å². The maximum Gasteiger partial charge on any atom is 0.240 e. The molecule has 2 rings (SSSR count). The van der Waals surface area contributed by atoms with Crippen LogP contribution in [0.2, 0.25) is 0 Å². The molecular weight excluding hydrogens is 276 g/mol. The van der Waals surface area contributed by atoms with E-state index in [-0.39, 0.29) is 19.0 Å². The second kappa shape index (κ2) is 7.99. The molecule has 5 nitrogen and oxygen atoms in total. The summed E-state index contributed by atoms with van der Waals surface area (Å²) in [5, 5.41) is 3.94. The summed E-state index contributed by atoms with van der Waals surface area (Å²) >= 11 is 0. The van der Waals surface area contributed by atoms with Crippen LogP contribution in [-0.4, -0.2) is 21.1 Å². The minimum atomic E-state index is 0. The number of hydrogen-bond acceptors (Lipinski definition) is 5. The standard InChI is InChI=1S/C14H20N4O.ClH/c1-11(2)18(9-12-6-4-3-5-7-12)10-13-16-14(8-15)19-17-13;/h3-7,11H,8-10,15H2,1-2H3;1H. The van der Waals surface area contributed by atoms with Crippen LogP contribution in [0.15, 0.2) is 34.9 Å². The lowest BCUT2D eigenvalue weighted by atomic mass is 10.2. The highest BCUT2D eigenvalue weighted by Gasteiger charge is 2.14. The maximum atomic E-state index is 5.47. The van der Waals surface area contributed by atoms with Gasteiger partial charge in [-0.05, 0) is 19.4 Å². The maximum absolute atomic E-state index is 5.47. The predicted molar refractivity (Wildman–Crippen MR) is 80.3 cm³/mol. The van der Waals surface area contributed by atoms with Crippen molar-refractivity contribution in [3.05, 3.63) is 47.6 Å². The van der Waals surface area contributed by atoms with Crippen molar-refractivity contribution >= 4 is 12.4 Å². The molecule has 0 saturated heterocycles. The van der Waals surface area contributed by atoms with Gasteiger partial charge in [0, 0.05) is 12.6 Å². The fraction of sp³-hybridized carbons (Fsp3) is 0.429. The molecule has 20 heavy (non-hydrogen) atoms. The van der Waals surface area contributed by atoms with E-state index < -0.39 is 0 Å². The Balaban J connectivity index is 0.00000200. The highest BCUT2D eigenvalue weighted by atomic mass is 35.5. The van der Waals surface area contributed by atoms with Gasteiger partial charge in [0.15, 0.2) is 5.82 Å². The first-order chi connectivity index (χ1) is 9.19. The fourth-order valence-corrected chi connectivity index (χ4v) is 1.86.